The molecule has 2 aliphatic rings. The fraction of sp³-hybridized carbons (Fsp3) is 0.533. The van der Waals surface area contributed by atoms with Crippen LogP contribution in [0, 0.1) is 0 Å². The van der Waals surface area contributed by atoms with E-state index in [2.05, 4.69) is 42.8 Å². The number of rotatable bonds is 8. The van der Waals surface area contributed by atoms with Gasteiger partial charge in [-0.1, -0.05) is 24.3 Å². The number of hydrogen-bond donors (Lipinski definition) is 3. The lowest BCUT2D eigenvalue weighted by Gasteiger charge is -2.29. The molecule has 0 radical (unpaired) electrons. The van der Waals surface area contributed by atoms with Crippen molar-refractivity contribution >= 4 is 22.0 Å². The first-order chi connectivity index (χ1) is 20.1. The predicted molar refractivity (Wildman–Crippen MR) is 155 cm³/mol. The van der Waals surface area contributed by atoms with Gasteiger partial charge in [0, 0.05) is 38.0 Å². The quantitative estimate of drug-likeness (QED) is 0.393. The molecule has 13 heteroatoms. The molecule has 3 unspecified atom stereocenters. The molecule has 1 aliphatic carbocycles. The average Bonchev–Trinajstić information content (AvgIpc) is 3.33. The maximum Gasteiger partial charge on any atom is 0.416 e. The fourth-order valence-corrected chi connectivity index (χ4v) is 7.26. The van der Waals surface area contributed by atoms with E-state index in [9.17, 15) is 31.2 Å². The van der Waals surface area contributed by atoms with Gasteiger partial charge in [-0.05, 0) is 74.9 Å². The van der Waals surface area contributed by atoms with E-state index >= 15 is 0 Å². The van der Waals surface area contributed by atoms with Crippen LogP contribution in [0.25, 0.3) is 0 Å². The van der Waals surface area contributed by atoms with E-state index in [1.165, 1.54) is 7.05 Å². The van der Waals surface area contributed by atoms with Crippen LogP contribution in [0.1, 0.15) is 74.8 Å². The maximum atomic E-state index is 13.6. The average molecular weight is 625 g/mol. The van der Waals surface area contributed by atoms with E-state index in [0.717, 1.165) is 58.5 Å². The maximum absolute atomic E-state index is 13.6. The number of alkyl halides is 3. The number of carbonyl (C=O) groups excluding carboxylic acids is 2. The summed E-state index contributed by atoms with van der Waals surface area (Å²) in [6.45, 7) is 6.72. The SMILES string of the molecule is CNC(=O)OC1CC(CC(=O)NC2CCCc3cc(CNC(C)(C)C)ccc32)N(S(=O)(=O)c2cccc(C(F)(F)F)c2)C1. The summed E-state index contributed by atoms with van der Waals surface area (Å²) in [5, 5.41) is 8.81. The van der Waals surface area contributed by atoms with Crippen molar-refractivity contribution in [1.29, 1.82) is 0 Å². The van der Waals surface area contributed by atoms with Gasteiger partial charge in [0.25, 0.3) is 0 Å². The Kier molecular flexibility index (Phi) is 9.77. The lowest BCUT2D eigenvalue weighted by molar-refractivity contribution is -0.137. The fourth-order valence-electron chi connectivity index (χ4n) is 5.55. The molecule has 1 fully saturated rings. The molecule has 4 rings (SSSR count). The molecule has 0 saturated carbocycles. The largest absolute Gasteiger partial charge is 0.445 e. The van der Waals surface area contributed by atoms with E-state index in [1.54, 1.807) is 0 Å². The Morgan fingerprint density at radius 2 is 1.84 bits per heavy atom. The summed E-state index contributed by atoms with van der Waals surface area (Å²) in [6, 6.07) is 8.48. The van der Waals surface area contributed by atoms with Crippen LogP contribution >= 0.6 is 0 Å². The third kappa shape index (κ3) is 8.27. The number of amides is 2. The zero-order chi connectivity index (χ0) is 31.6. The third-order valence-corrected chi connectivity index (χ3v) is 9.59. The first-order valence-corrected chi connectivity index (χ1v) is 15.7. The summed E-state index contributed by atoms with van der Waals surface area (Å²) >= 11 is 0. The molecule has 1 saturated heterocycles. The van der Waals surface area contributed by atoms with Crippen molar-refractivity contribution < 1.29 is 35.9 Å². The summed E-state index contributed by atoms with van der Waals surface area (Å²) in [6.07, 6.45) is -4.14. The third-order valence-electron chi connectivity index (χ3n) is 7.67. The second-order valence-electron chi connectivity index (χ2n) is 12.1. The van der Waals surface area contributed by atoms with Crippen LogP contribution in [-0.4, -0.2) is 56.0 Å². The van der Waals surface area contributed by atoms with Crippen molar-refractivity contribution in [3.05, 3.63) is 64.7 Å². The minimum absolute atomic E-state index is 0.0183. The predicted octanol–water partition coefficient (Wildman–Crippen LogP) is 4.67. The molecule has 3 atom stereocenters. The first kappa shape index (κ1) is 32.7. The molecular weight excluding hydrogens is 585 g/mol. The van der Waals surface area contributed by atoms with Crippen LogP contribution in [0.2, 0.25) is 0 Å². The number of nitrogens with zero attached hydrogens (tertiary/aromatic N) is 1. The van der Waals surface area contributed by atoms with E-state index in [1.807, 2.05) is 12.1 Å². The summed E-state index contributed by atoms with van der Waals surface area (Å²) in [5.74, 6) is -0.397. The normalized spacial score (nSPS) is 21.2. The van der Waals surface area contributed by atoms with Crippen molar-refractivity contribution in [1.82, 2.24) is 20.3 Å². The molecule has 1 heterocycles. The van der Waals surface area contributed by atoms with Crippen LogP contribution in [0.4, 0.5) is 18.0 Å². The molecule has 3 N–H and O–H groups in total. The van der Waals surface area contributed by atoms with Crippen LogP contribution < -0.4 is 16.0 Å². The number of aryl methyl sites for hydroxylation is 1. The minimum atomic E-state index is -4.74. The van der Waals surface area contributed by atoms with Crippen molar-refractivity contribution in [2.75, 3.05) is 13.6 Å². The first-order valence-electron chi connectivity index (χ1n) is 14.3. The number of benzene rings is 2. The minimum Gasteiger partial charge on any atom is -0.445 e. The molecule has 1 aliphatic heterocycles. The number of hydrogen-bond acceptors (Lipinski definition) is 6. The Morgan fingerprint density at radius 1 is 1.09 bits per heavy atom. The summed E-state index contributed by atoms with van der Waals surface area (Å²) < 4.78 is 73.4. The van der Waals surface area contributed by atoms with E-state index in [0.29, 0.717) is 12.6 Å². The number of nitrogens with one attached hydrogen (secondary N) is 3. The van der Waals surface area contributed by atoms with Crippen LogP contribution in [0.3, 0.4) is 0 Å². The van der Waals surface area contributed by atoms with Crippen molar-refractivity contribution in [3.63, 3.8) is 0 Å². The molecule has 0 aromatic heterocycles. The highest BCUT2D eigenvalue weighted by Crippen LogP contribution is 2.35. The second kappa shape index (κ2) is 12.8. The number of sulfonamides is 1. The highest BCUT2D eigenvalue weighted by molar-refractivity contribution is 7.89. The molecule has 2 amide bonds. The number of ether oxygens (including phenoxy) is 1. The summed E-state index contributed by atoms with van der Waals surface area (Å²) in [4.78, 5) is 24.6. The molecule has 43 heavy (non-hydrogen) atoms. The Labute approximate surface area is 250 Å². The van der Waals surface area contributed by atoms with Gasteiger partial charge in [-0.25, -0.2) is 13.2 Å². The second-order valence-corrected chi connectivity index (χ2v) is 14.0. The lowest BCUT2D eigenvalue weighted by Crippen LogP contribution is -2.40. The number of fused-ring (bicyclic) bond motifs is 1. The Hall–Kier alpha value is -3.16. The Morgan fingerprint density at radius 3 is 2.51 bits per heavy atom. The molecule has 0 spiro atoms. The zero-order valence-corrected chi connectivity index (χ0v) is 25.6. The molecular formula is C30H39F3N4O5S. The molecule has 9 nitrogen and oxygen atoms in total. The van der Waals surface area contributed by atoms with E-state index in [4.69, 9.17) is 4.74 Å². The molecule has 2 aromatic rings. The number of halogens is 3. The molecule has 236 valence electrons. The van der Waals surface area contributed by atoms with Gasteiger partial charge >= 0.3 is 12.3 Å². The van der Waals surface area contributed by atoms with Gasteiger partial charge in [0.05, 0.1) is 23.0 Å². The highest BCUT2D eigenvalue weighted by Gasteiger charge is 2.43. The zero-order valence-electron chi connectivity index (χ0n) is 24.8. The van der Waals surface area contributed by atoms with Crippen LogP contribution in [0.5, 0.6) is 0 Å². The highest BCUT2D eigenvalue weighted by atomic mass is 32.2. The van der Waals surface area contributed by atoms with E-state index in [-0.39, 0.29) is 31.0 Å². The van der Waals surface area contributed by atoms with E-state index < -0.39 is 50.8 Å². The van der Waals surface area contributed by atoms with Crippen LogP contribution in [0.15, 0.2) is 47.4 Å². The topological polar surface area (TPSA) is 117 Å². The molecule has 0 bridgehead atoms. The summed E-state index contributed by atoms with van der Waals surface area (Å²) in [7, 11) is -3.11. The van der Waals surface area contributed by atoms with Crippen molar-refractivity contribution in [2.45, 2.75) is 94.2 Å². The lowest BCUT2D eigenvalue weighted by atomic mass is 9.86. The van der Waals surface area contributed by atoms with Gasteiger partial charge in [-0.2, -0.15) is 17.5 Å². The Balaban J connectivity index is 1.52. The standard InChI is InChI=1S/C30H39F3N4O5S/c1-29(2,3)35-17-19-11-12-25-20(13-19)7-5-10-26(25)36-27(38)16-22-15-23(42-28(39)34-4)18-37(22)43(40,41)24-9-6-8-21(14-24)30(31,32)33/h6,8-9,11-14,22-23,26,35H,5,7,10,15-18H2,1-4H3,(H,34,39)(H,36,38). The van der Waals surface area contributed by atoms with Gasteiger partial charge in [-0.3, -0.25) is 4.79 Å². The molecule has 2 aromatic carbocycles. The Bertz CT molecular complexity index is 1440. The smallest absolute Gasteiger partial charge is 0.416 e. The monoisotopic (exact) mass is 624 g/mol. The summed E-state index contributed by atoms with van der Waals surface area (Å²) in [5.41, 5.74) is 2.18. The van der Waals surface area contributed by atoms with Crippen LogP contribution in [-0.2, 0) is 38.7 Å². The van der Waals surface area contributed by atoms with Gasteiger partial charge in [-0.15, -0.1) is 0 Å². The van der Waals surface area contributed by atoms with Gasteiger partial charge in [0.2, 0.25) is 15.9 Å². The van der Waals surface area contributed by atoms with Crippen molar-refractivity contribution in [3.8, 4) is 0 Å². The number of alkyl carbamates (subject to hydrolysis) is 1. The van der Waals surface area contributed by atoms with Gasteiger partial charge in [0.15, 0.2) is 0 Å². The van der Waals surface area contributed by atoms with Crippen molar-refractivity contribution in [2.24, 2.45) is 0 Å². The van der Waals surface area contributed by atoms with Gasteiger partial charge in [0.1, 0.15) is 6.10 Å². The number of carbonyl (C=O) groups is 2. The van der Waals surface area contributed by atoms with Gasteiger partial charge < -0.3 is 20.7 Å².